The van der Waals surface area contributed by atoms with Gasteiger partial charge in [-0.15, -0.1) is 0 Å². The van der Waals surface area contributed by atoms with Gasteiger partial charge in [0.25, 0.3) is 0 Å². The molecule has 0 rings (SSSR count). The second kappa shape index (κ2) is 22.6. The van der Waals surface area contributed by atoms with Crippen LogP contribution in [0, 0.1) is 0 Å². The summed E-state index contributed by atoms with van der Waals surface area (Å²) in [6, 6.07) is 0. The van der Waals surface area contributed by atoms with Gasteiger partial charge in [0.2, 0.25) is 0 Å². The molecule has 0 spiro atoms. The first kappa shape index (κ1) is 23.6. The van der Waals surface area contributed by atoms with Crippen LogP contribution in [0.5, 0.6) is 0 Å². The first-order chi connectivity index (χ1) is 11.9. The van der Waals surface area contributed by atoms with Crippen LogP contribution < -0.4 is 0 Å². The lowest BCUT2D eigenvalue weighted by Crippen LogP contribution is -2.03. The molecule has 4 heteroatoms. The van der Waals surface area contributed by atoms with Crippen molar-refractivity contribution in [1.29, 1.82) is 0 Å². The van der Waals surface area contributed by atoms with Crippen molar-refractivity contribution in [3.63, 3.8) is 0 Å². The van der Waals surface area contributed by atoms with Gasteiger partial charge in [-0.3, -0.25) is 0 Å². The Morgan fingerprint density at radius 3 is 1.33 bits per heavy atom. The molecule has 0 aliphatic heterocycles. The highest BCUT2D eigenvalue weighted by atomic mass is 16.7. The van der Waals surface area contributed by atoms with Gasteiger partial charge in [0.1, 0.15) is 13.6 Å². The zero-order valence-electron chi connectivity index (χ0n) is 16.1. The summed E-state index contributed by atoms with van der Waals surface area (Å²) >= 11 is 0. The molecule has 0 saturated carbocycles. The highest BCUT2D eigenvalue weighted by Crippen LogP contribution is 2.03. The molecule has 0 aromatic carbocycles. The van der Waals surface area contributed by atoms with E-state index in [0.29, 0.717) is 26.8 Å². The van der Waals surface area contributed by atoms with Gasteiger partial charge in [-0.05, 0) is 12.8 Å². The molecule has 144 valence electrons. The minimum atomic E-state index is 0.375. The van der Waals surface area contributed by atoms with Crippen LogP contribution >= 0.6 is 0 Å². The van der Waals surface area contributed by atoms with Gasteiger partial charge in [-0.25, -0.2) is 0 Å². The molecule has 0 N–H and O–H groups in total. The zero-order chi connectivity index (χ0) is 17.6. The SMILES string of the molecule is CCCCCCCOCOCC=CCOCOCCCCCCC. The summed E-state index contributed by atoms with van der Waals surface area (Å²) < 4.78 is 21.5. The molecule has 0 aromatic rings. The van der Waals surface area contributed by atoms with Crippen molar-refractivity contribution in [1.82, 2.24) is 0 Å². The molecule has 0 amide bonds. The molecule has 0 unspecified atom stereocenters. The summed E-state index contributed by atoms with van der Waals surface area (Å²) in [5.74, 6) is 0. The Morgan fingerprint density at radius 1 is 0.500 bits per heavy atom. The number of hydrogen-bond donors (Lipinski definition) is 0. The lowest BCUT2D eigenvalue weighted by molar-refractivity contribution is -0.0480. The molecule has 0 saturated heterocycles. The maximum absolute atomic E-state index is 5.41. The Morgan fingerprint density at radius 2 is 0.917 bits per heavy atom. The van der Waals surface area contributed by atoms with Gasteiger partial charge < -0.3 is 18.9 Å². The van der Waals surface area contributed by atoms with E-state index in [9.17, 15) is 0 Å². The van der Waals surface area contributed by atoms with Gasteiger partial charge in [0.15, 0.2) is 0 Å². The van der Waals surface area contributed by atoms with E-state index in [0.717, 1.165) is 26.1 Å². The second-order valence-electron chi connectivity index (χ2n) is 6.09. The summed E-state index contributed by atoms with van der Waals surface area (Å²) in [4.78, 5) is 0. The topological polar surface area (TPSA) is 36.9 Å². The third-order valence-corrected chi connectivity index (χ3v) is 3.71. The minimum absolute atomic E-state index is 0.375. The van der Waals surface area contributed by atoms with E-state index < -0.39 is 0 Å². The van der Waals surface area contributed by atoms with E-state index in [-0.39, 0.29) is 0 Å². The third kappa shape index (κ3) is 21.6. The zero-order valence-corrected chi connectivity index (χ0v) is 16.1. The minimum Gasteiger partial charge on any atom is -0.355 e. The van der Waals surface area contributed by atoms with Gasteiger partial charge in [-0.2, -0.15) is 0 Å². The first-order valence-electron chi connectivity index (χ1n) is 9.87. The summed E-state index contributed by atoms with van der Waals surface area (Å²) in [6.07, 6.45) is 16.5. The van der Waals surface area contributed by atoms with Gasteiger partial charge in [0, 0.05) is 13.2 Å². The highest BCUT2D eigenvalue weighted by Gasteiger charge is 1.91. The van der Waals surface area contributed by atoms with Gasteiger partial charge in [0.05, 0.1) is 13.2 Å². The van der Waals surface area contributed by atoms with Crippen LogP contribution in [0.2, 0.25) is 0 Å². The lowest BCUT2D eigenvalue weighted by atomic mass is 10.2. The molecule has 0 atom stereocenters. The van der Waals surface area contributed by atoms with Crippen molar-refractivity contribution in [2.75, 3.05) is 40.0 Å². The van der Waals surface area contributed by atoms with Crippen molar-refractivity contribution in [3.05, 3.63) is 12.2 Å². The summed E-state index contributed by atoms with van der Waals surface area (Å²) in [7, 11) is 0. The molecule has 0 aromatic heterocycles. The highest BCUT2D eigenvalue weighted by molar-refractivity contribution is 4.80. The Labute approximate surface area is 149 Å². The van der Waals surface area contributed by atoms with Crippen LogP contribution in [0.1, 0.15) is 78.1 Å². The van der Waals surface area contributed by atoms with E-state index in [2.05, 4.69) is 13.8 Å². The first-order valence-corrected chi connectivity index (χ1v) is 9.87. The average molecular weight is 345 g/mol. The number of ether oxygens (including phenoxy) is 4. The van der Waals surface area contributed by atoms with E-state index in [1.54, 1.807) is 0 Å². The molecule has 24 heavy (non-hydrogen) atoms. The average Bonchev–Trinajstić information content (AvgIpc) is 2.60. The predicted molar refractivity (Wildman–Crippen MR) is 100 cm³/mol. The monoisotopic (exact) mass is 344 g/mol. The van der Waals surface area contributed by atoms with Crippen LogP contribution in [-0.4, -0.2) is 40.0 Å². The maximum Gasteiger partial charge on any atom is 0.147 e. The third-order valence-electron chi connectivity index (χ3n) is 3.71. The van der Waals surface area contributed by atoms with Crippen LogP contribution in [0.3, 0.4) is 0 Å². The molecule has 0 fully saturated rings. The smallest absolute Gasteiger partial charge is 0.147 e. The van der Waals surface area contributed by atoms with Crippen LogP contribution in [0.4, 0.5) is 0 Å². The van der Waals surface area contributed by atoms with Gasteiger partial charge in [-0.1, -0.05) is 77.4 Å². The number of rotatable bonds is 20. The lowest BCUT2D eigenvalue weighted by Gasteiger charge is -2.04. The summed E-state index contributed by atoms with van der Waals surface area (Å²) in [5.41, 5.74) is 0. The molecule has 0 aliphatic rings. The van der Waals surface area contributed by atoms with E-state index >= 15 is 0 Å². The van der Waals surface area contributed by atoms with Crippen molar-refractivity contribution in [3.8, 4) is 0 Å². The Bertz CT molecular complexity index is 220. The van der Waals surface area contributed by atoms with E-state index in [1.807, 2.05) is 12.2 Å². The fourth-order valence-electron chi connectivity index (χ4n) is 2.22. The molecule has 4 nitrogen and oxygen atoms in total. The summed E-state index contributed by atoms with van der Waals surface area (Å²) in [5, 5.41) is 0. The fourth-order valence-corrected chi connectivity index (χ4v) is 2.22. The van der Waals surface area contributed by atoms with E-state index in [1.165, 1.54) is 51.4 Å². The van der Waals surface area contributed by atoms with Crippen molar-refractivity contribution < 1.29 is 18.9 Å². The van der Waals surface area contributed by atoms with Crippen LogP contribution in [0.25, 0.3) is 0 Å². The molecule has 0 aliphatic carbocycles. The Kier molecular flexibility index (Phi) is 22.2. The molecular weight excluding hydrogens is 304 g/mol. The predicted octanol–water partition coefficient (Wildman–Crippen LogP) is 5.46. The summed E-state index contributed by atoms with van der Waals surface area (Å²) in [6.45, 7) is 7.94. The quantitative estimate of drug-likeness (QED) is 0.167. The second-order valence-corrected chi connectivity index (χ2v) is 6.09. The Balaban J connectivity index is 3.04. The molecule has 0 bridgehead atoms. The standard InChI is InChI=1S/C20H40O4/c1-3-5-7-9-11-15-21-19-23-17-13-14-18-24-20-22-16-12-10-8-6-4-2/h13-14H,3-12,15-20H2,1-2H3. The largest absolute Gasteiger partial charge is 0.355 e. The molecular formula is C20H40O4. The van der Waals surface area contributed by atoms with Crippen molar-refractivity contribution in [2.45, 2.75) is 78.1 Å². The van der Waals surface area contributed by atoms with Crippen LogP contribution in [-0.2, 0) is 18.9 Å². The Hall–Kier alpha value is -0.420. The molecule has 0 heterocycles. The van der Waals surface area contributed by atoms with Crippen molar-refractivity contribution >= 4 is 0 Å². The van der Waals surface area contributed by atoms with Gasteiger partial charge >= 0.3 is 0 Å². The van der Waals surface area contributed by atoms with E-state index in [4.69, 9.17) is 18.9 Å². The number of unbranched alkanes of at least 4 members (excludes halogenated alkanes) is 8. The molecule has 0 radical (unpaired) electrons. The van der Waals surface area contributed by atoms with Crippen LogP contribution in [0.15, 0.2) is 12.2 Å². The van der Waals surface area contributed by atoms with Crippen molar-refractivity contribution in [2.24, 2.45) is 0 Å². The fraction of sp³-hybridized carbons (Fsp3) is 0.900. The maximum atomic E-state index is 5.41. The number of hydrogen-bond acceptors (Lipinski definition) is 4. The normalized spacial score (nSPS) is 11.6.